The zero-order chi connectivity index (χ0) is 32.7. The summed E-state index contributed by atoms with van der Waals surface area (Å²) in [5.74, 6) is 0. The normalized spacial score (nSPS) is 13.3. The molecule has 10 rings (SSSR count). The Labute approximate surface area is 292 Å². The minimum atomic E-state index is -0.0859. The molecule has 0 spiro atoms. The van der Waals surface area contributed by atoms with Crippen LogP contribution in [0.15, 0.2) is 164 Å². The van der Waals surface area contributed by atoms with Crippen LogP contribution in [0.25, 0.3) is 63.1 Å². The fourth-order valence-corrected chi connectivity index (χ4v) is 10.9. The molecule has 1 aromatic heterocycles. The molecule has 0 bridgehead atoms. The Morgan fingerprint density at radius 1 is 0.469 bits per heavy atom. The zero-order valence-electron chi connectivity index (χ0n) is 27.4. The third kappa shape index (κ3) is 4.31. The van der Waals surface area contributed by atoms with Gasteiger partial charge in [-0.05, 0) is 0 Å². The van der Waals surface area contributed by atoms with Crippen LogP contribution < -0.4 is 4.90 Å². The first-order valence-corrected chi connectivity index (χ1v) is 18.7. The SMILES string of the molecule is CC1(C)c2ccccc2-c2ccc(N(c3ccc(-c4ccccc4)cc3)c3cccc4c3ccc3ccc5c6ccccc6[se]c5c34)cc21. The van der Waals surface area contributed by atoms with Crippen molar-refractivity contribution in [1.82, 2.24) is 0 Å². The van der Waals surface area contributed by atoms with Crippen LogP contribution in [-0.2, 0) is 5.41 Å². The van der Waals surface area contributed by atoms with Gasteiger partial charge in [-0.3, -0.25) is 0 Å². The number of hydrogen-bond donors (Lipinski definition) is 0. The summed E-state index contributed by atoms with van der Waals surface area (Å²) >= 11 is 0.267. The third-order valence-electron chi connectivity index (χ3n) is 10.7. The van der Waals surface area contributed by atoms with Crippen molar-refractivity contribution < 1.29 is 0 Å². The monoisotopic (exact) mass is 691 g/mol. The van der Waals surface area contributed by atoms with Crippen molar-refractivity contribution in [2.45, 2.75) is 19.3 Å². The number of fused-ring (bicyclic) bond motifs is 10. The Hall–Kier alpha value is -5.40. The summed E-state index contributed by atoms with van der Waals surface area (Å²) in [6.07, 6.45) is 0. The molecule has 49 heavy (non-hydrogen) atoms. The van der Waals surface area contributed by atoms with E-state index in [1.54, 1.807) is 0 Å². The van der Waals surface area contributed by atoms with Gasteiger partial charge in [0.05, 0.1) is 0 Å². The van der Waals surface area contributed by atoms with Crippen molar-refractivity contribution in [1.29, 1.82) is 0 Å². The van der Waals surface area contributed by atoms with Gasteiger partial charge >= 0.3 is 263 Å². The van der Waals surface area contributed by atoms with E-state index < -0.39 is 0 Å². The van der Waals surface area contributed by atoms with Gasteiger partial charge in [0, 0.05) is 0 Å². The fourth-order valence-electron chi connectivity index (χ4n) is 8.23. The number of benzene rings is 8. The topological polar surface area (TPSA) is 3.24 Å². The molecule has 9 aromatic rings. The summed E-state index contributed by atoms with van der Waals surface area (Å²) in [6.45, 7) is 4.73. The molecular weight excluding hydrogens is 657 g/mol. The first kappa shape index (κ1) is 28.6. The molecule has 0 saturated carbocycles. The molecule has 1 nitrogen and oxygen atoms in total. The maximum atomic E-state index is 2.48. The van der Waals surface area contributed by atoms with E-state index >= 15 is 0 Å². The predicted octanol–water partition coefficient (Wildman–Crippen LogP) is 12.8. The van der Waals surface area contributed by atoms with Gasteiger partial charge in [0.2, 0.25) is 0 Å². The molecule has 0 aliphatic heterocycles. The van der Waals surface area contributed by atoms with E-state index in [2.05, 4.69) is 183 Å². The van der Waals surface area contributed by atoms with Gasteiger partial charge in [0.1, 0.15) is 0 Å². The Balaban J connectivity index is 1.22. The summed E-state index contributed by atoms with van der Waals surface area (Å²) in [5, 5.41) is 8.10. The molecule has 0 radical (unpaired) electrons. The van der Waals surface area contributed by atoms with Crippen LogP contribution in [0.3, 0.4) is 0 Å². The van der Waals surface area contributed by atoms with E-state index in [1.165, 1.54) is 85.6 Å². The van der Waals surface area contributed by atoms with Crippen molar-refractivity contribution in [3.8, 4) is 22.3 Å². The van der Waals surface area contributed by atoms with Gasteiger partial charge < -0.3 is 0 Å². The number of rotatable bonds is 4. The van der Waals surface area contributed by atoms with Crippen molar-refractivity contribution in [3.05, 3.63) is 175 Å². The molecule has 0 amide bonds. The van der Waals surface area contributed by atoms with E-state index in [0.717, 1.165) is 5.69 Å². The van der Waals surface area contributed by atoms with E-state index in [4.69, 9.17) is 0 Å². The first-order valence-electron chi connectivity index (χ1n) is 17.0. The average Bonchev–Trinajstić information content (AvgIpc) is 3.64. The minimum absolute atomic E-state index is 0.0859. The maximum absolute atomic E-state index is 2.48. The molecule has 0 fully saturated rings. The zero-order valence-corrected chi connectivity index (χ0v) is 29.2. The van der Waals surface area contributed by atoms with Crippen LogP contribution >= 0.6 is 0 Å². The molecule has 8 aromatic carbocycles. The van der Waals surface area contributed by atoms with Gasteiger partial charge in [0.15, 0.2) is 0 Å². The van der Waals surface area contributed by atoms with Crippen LogP contribution in [0, 0.1) is 0 Å². The van der Waals surface area contributed by atoms with E-state index in [0.29, 0.717) is 0 Å². The van der Waals surface area contributed by atoms with E-state index in [9.17, 15) is 0 Å². The van der Waals surface area contributed by atoms with Crippen molar-refractivity contribution in [2.24, 2.45) is 0 Å². The van der Waals surface area contributed by atoms with E-state index in [1.807, 2.05) is 0 Å². The summed E-state index contributed by atoms with van der Waals surface area (Å²) in [5.41, 5.74) is 11.3. The average molecular weight is 691 g/mol. The molecule has 1 aliphatic rings. The van der Waals surface area contributed by atoms with Gasteiger partial charge in [0.25, 0.3) is 0 Å². The first-order chi connectivity index (χ1) is 24.1. The summed E-state index contributed by atoms with van der Waals surface area (Å²) in [7, 11) is 0. The van der Waals surface area contributed by atoms with Crippen LogP contribution in [0.2, 0.25) is 0 Å². The van der Waals surface area contributed by atoms with Crippen LogP contribution in [0.4, 0.5) is 17.1 Å². The Kier molecular flexibility index (Phi) is 6.31. The number of hydrogen-bond acceptors (Lipinski definition) is 1. The summed E-state index contributed by atoms with van der Waals surface area (Å²) in [6, 6.07) is 60.9. The number of anilines is 3. The molecule has 232 valence electrons. The van der Waals surface area contributed by atoms with E-state index in [-0.39, 0.29) is 19.9 Å². The Morgan fingerprint density at radius 2 is 1.14 bits per heavy atom. The molecular formula is C47H33NSe. The molecule has 1 heterocycles. The second-order valence-electron chi connectivity index (χ2n) is 13.7. The molecule has 1 aliphatic carbocycles. The molecule has 0 saturated heterocycles. The summed E-state index contributed by atoms with van der Waals surface area (Å²) < 4.78 is 2.98. The van der Waals surface area contributed by atoms with Crippen molar-refractivity contribution >= 4 is 72.4 Å². The summed E-state index contributed by atoms with van der Waals surface area (Å²) in [4.78, 5) is 2.48. The van der Waals surface area contributed by atoms with Crippen molar-refractivity contribution in [2.75, 3.05) is 4.90 Å². The van der Waals surface area contributed by atoms with Gasteiger partial charge in [-0.15, -0.1) is 0 Å². The van der Waals surface area contributed by atoms with Crippen molar-refractivity contribution in [3.63, 3.8) is 0 Å². The van der Waals surface area contributed by atoms with Crippen LogP contribution in [0.1, 0.15) is 25.0 Å². The van der Waals surface area contributed by atoms with Gasteiger partial charge in [-0.2, -0.15) is 0 Å². The second kappa shape index (κ2) is 10.8. The predicted molar refractivity (Wildman–Crippen MR) is 211 cm³/mol. The molecule has 2 heteroatoms. The Bertz CT molecular complexity index is 2730. The van der Waals surface area contributed by atoms with Gasteiger partial charge in [-0.1, -0.05) is 30.3 Å². The second-order valence-corrected chi connectivity index (χ2v) is 15.9. The molecule has 0 N–H and O–H groups in total. The van der Waals surface area contributed by atoms with Gasteiger partial charge in [-0.25, -0.2) is 0 Å². The Morgan fingerprint density at radius 3 is 2.00 bits per heavy atom. The number of nitrogens with zero attached hydrogens (tertiary/aromatic N) is 1. The quantitative estimate of drug-likeness (QED) is 0.131. The molecule has 0 unspecified atom stereocenters. The standard InChI is InChI=1S/C47H33NSe/c1-47(2)41-16-8-6-13-35(41)36-28-25-34(29-42(36)47)48(33-23-19-31(20-24-33)30-11-4-3-5-12-30)43-17-10-15-39-37(43)26-21-32-22-27-40-38-14-7-9-18-44(38)49-46(40)45(32)39/h3-29H,1-2H3. The van der Waals surface area contributed by atoms with Crippen LogP contribution in [-0.4, -0.2) is 14.5 Å². The third-order valence-corrected chi connectivity index (χ3v) is 13.2. The fraction of sp³-hybridized carbons (Fsp3) is 0.0638. The van der Waals surface area contributed by atoms with Crippen LogP contribution in [0.5, 0.6) is 0 Å². The molecule has 0 atom stereocenters.